The topological polar surface area (TPSA) is 29.1 Å². The van der Waals surface area contributed by atoms with E-state index >= 15 is 0 Å². The van der Waals surface area contributed by atoms with Gasteiger partial charge in [-0.15, -0.1) is 0 Å². The number of benzene rings is 1. The van der Waals surface area contributed by atoms with Crippen LogP contribution in [0.1, 0.15) is 29.8 Å². The van der Waals surface area contributed by atoms with Gasteiger partial charge in [-0.05, 0) is 26.0 Å². The summed E-state index contributed by atoms with van der Waals surface area (Å²) in [5, 5.41) is 2.44. The molecule has 0 aliphatic heterocycles. The summed E-state index contributed by atoms with van der Waals surface area (Å²) in [4.78, 5) is 11.5. The quantitative estimate of drug-likeness (QED) is 0.842. The first-order valence-electron chi connectivity index (χ1n) is 4.88. The van der Waals surface area contributed by atoms with Crippen LogP contribution in [0.2, 0.25) is 0 Å². The first-order chi connectivity index (χ1) is 7.47. The van der Waals surface area contributed by atoms with Gasteiger partial charge in [0.2, 0.25) is 0 Å². The molecule has 1 aromatic rings. The highest BCUT2D eigenvalue weighted by Crippen LogP contribution is 2.17. The van der Waals surface area contributed by atoms with Gasteiger partial charge in [0.1, 0.15) is 17.2 Å². The van der Waals surface area contributed by atoms with E-state index in [-0.39, 0.29) is 11.6 Å². The van der Waals surface area contributed by atoms with E-state index in [1.165, 1.54) is 12.1 Å². The molecule has 0 saturated carbocycles. The Balaban J connectivity index is 3.21. The zero-order chi connectivity index (χ0) is 12.3. The maximum atomic E-state index is 13.7. The summed E-state index contributed by atoms with van der Waals surface area (Å²) < 4.78 is 27.0. The minimum Gasteiger partial charge on any atom is -0.350 e. The van der Waals surface area contributed by atoms with Gasteiger partial charge in [0, 0.05) is 11.6 Å². The van der Waals surface area contributed by atoms with Crippen LogP contribution in [0.5, 0.6) is 0 Å². The van der Waals surface area contributed by atoms with Crippen LogP contribution < -0.4 is 5.32 Å². The standard InChI is InChI=1S/C12H13F2NO/c1-4-8-5-6-9(13)10(11(8)14)12(16)15-7(2)3/h4-7H,1H2,2-3H3,(H,15,16). The Labute approximate surface area is 93.0 Å². The minimum absolute atomic E-state index is 0.107. The molecule has 0 aliphatic rings. The van der Waals surface area contributed by atoms with Gasteiger partial charge in [0.05, 0.1) is 0 Å². The predicted molar refractivity (Wildman–Crippen MR) is 59.1 cm³/mol. The fourth-order valence-corrected chi connectivity index (χ4v) is 1.27. The maximum absolute atomic E-state index is 13.7. The molecule has 0 spiro atoms. The molecule has 86 valence electrons. The Morgan fingerprint density at radius 1 is 1.44 bits per heavy atom. The van der Waals surface area contributed by atoms with Crippen molar-refractivity contribution in [1.82, 2.24) is 5.32 Å². The van der Waals surface area contributed by atoms with Gasteiger partial charge in [-0.25, -0.2) is 8.78 Å². The van der Waals surface area contributed by atoms with E-state index in [0.717, 1.165) is 6.07 Å². The predicted octanol–water partition coefficient (Wildman–Crippen LogP) is 2.75. The molecule has 0 aromatic heterocycles. The zero-order valence-electron chi connectivity index (χ0n) is 9.18. The molecule has 0 aliphatic carbocycles. The molecule has 0 fully saturated rings. The molecule has 16 heavy (non-hydrogen) atoms. The van der Waals surface area contributed by atoms with Crippen molar-refractivity contribution < 1.29 is 13.6 Å². The van der Waals surface area contributed by atoms with Crippen molar-refractivity contribution in [2.45, 2.75) is 19.9 Å². The lowest BCUT2D eigenvalue weighted by molar-refractivity contribution is 0.0934. The van der Waals surface area contributed by atoms with Gasteiger partial charge in [0.15, 0.2) is 0 Å². The molecule has 2 nitrogen and oxygen atoms in total. The van der Waals surface area contributed by atoms with Gasteiger partial charge >= 0.3 is 0 Å². The van der Waals surface area contributed by atoms with Crippen LogP contribution >= 0.6 is 0 Å². The third-order valence-electron chi connectivity index (χ3n) is 1.99. The largest absolute Gasteiger partial charge is 0.350 e. The van der Waals surface area contributed by atoms with Gasteiger partial charge in [0.25, 0.3) is 5.91 Å². The van der Waals surface area contributed by atoms with Crippen LogP contribution in [-0.4, -0.2) is 11.9 Å². The summed E-state index contributed by atoms with van der Waals surface area (Å²) in [7, 11) is 0. The van der Waals surface area contributed by atoms with Crippen molar-refractivity contribution in [2.75, 3.05) is 0 Å². The average Bonchev–Trinajstić information content (AvgIpc) is 2.16. The normalized spacial score (nSPS) is 10.3. The van der Waals surface area contributed by atoms with Crippen molar-refractivity contribution >= 4 is 12.0 Å². The number of hydrogen-bond donors (Lipinski definition) is 1. The third kappa shape index (κ3) is 2.45. The Morgan fingerprint density at radius 2 is 2.06 bits per heavy atom. The van der Waals surface area contributed by atoms with Gasteiger partial charge < -0.3 is 5.32 Å². The van der Waals surface area contributed by atoms with Crippen LogP contribution in [-0.2, 0) is 0 Å². The molecular weight excluding hydrogens is 212 g/mol. The van der Waals surface area contributed by atoms with E-state index in [4.69, 9.17) is 0 Å². The second kappa shape index (κ2) is 4.88. The summed E-state index contributed by atoms with van der Waals surface area (Å²) in [5.41, 5.74) is -0.457. The number of carbonyl (C=O) groups is 1. The highest BCUT2D eigenvalue weighted by Gasteiger charge is 2.19. The molecule has 1 aromatic carbocycles. The third-order valence-corrected chi connectivity index (χ3v) is 1.99. The Kier molecular flexibility index (Phi) is 3.77. The van der Waals surface area contributed by atoms with E-state index in [0.29, 0.717) is 0 Å². The SMILES string of the molecule is C=Cc1ccc(F)c(C(=O)NC(C)C)c1F. The smallest absolute Gasteiger partial charge is 0.257 e. The Hall–Kier alpha value is -1.71. The van der Waals surface area contributed by atoms with Gasteiger partial charge in [-0.3, -0.25) is 4.79 Å². The van der Waals surface area contributed by atoms with Crippen LogP contribution in [0.3, 0.4) is 0 Å². The molecule has 0 atom stereocenters. The summed E-state index contributed by atoms with van der Waals surface area (Å²) in [6, 6.07) is 2.11. The number of carbonyl (C=O) groups excluding carboxylic acids is 1. The summed E-state index contributed by atoms with van der Waals surface area (Å²) in [6.45, 7) is 6.82. The summed E-state index contributed by atoms with van der Waals surface area (Å²) in [5.74, 6) is -2.51. The van der Waals surface area contributed by atoms with Crippen LogP contribution in [0, 0.1) is 11.6 Å². The first-order valence-corrected chi connectivity index (χ1v) is 4.88. The highest BCUT2D eigenvalue weighted by molar-refractivity contribution is 5.95. The molecule has 0 heterocycles. The minimum atomic E-state index is -0.881. The van der Waals surface area contributed by atoms with Crippen LogP contribution in [0.4, 0.5) is 8.78 Å². The molecule has 0 bridgehead atoms. The first kappa shape index (κ1) is 12.4. The fraction of sp³-hybridized carbons (Fsp3) is 0.250. The van der Waals surface area contributed by atoms with Crippen LogP contribution in [0.15, 0.2) is 18.7 Å². The van der Waals surface area contributed by atoms with Crippen molar-refractivity contribution in [2.24, 2.45) is 0 Å². The van der Waals surface area contributed by atoms with Crippen molar-refractivity contribution in [1.29, 1.82) is 0 Å². The molecule has 4 heteroatoms. The number of rotatable bonds is 3. The average molecular weight is 225 g/mol. The Morgan fingerprint density at radius 3 is 2.56 bits per heavy atom. The molecular formula is C12H13F2NO. The summed E-state index contributed by atoms with van der Waals surface area (Å²) in [6.07, 6.45) is 1.24. The summed E-state index contributed by atoms with van der Waals surface area (Å²) >= 11 is 0. The number of hydrogen-bond acceptors (Lipinski definition) is 1. The second-order valence-corrected chi connectivity index (χ2v) is 3.66. The van der Waals surface area contributed by atoms with Gasteiger partial charge in [-0.2, -0.15) is 0 Å². The van der Waals surface area contributed by atoms with Crippen LogP contribution in [0.25, 0.3) is 6.08 Å². The monoisotopic (exact) mass is 225 g/mol. The van der Waals surface area contributed by atoms with Crippen molar-refractivity contribution in [3.05, 3.63) is 41.5 Å². The highest BCUT2D eigenvalue weighted by atomic mass is 19.1. The second-order valence-electron chi connectivity index (χ2n) is 3.66. The fourth-order valence-electron chi connectivity index (χ4n) is 1.27. The van der Waals surface area contributed by atoms with Gasteiger partial charge in [-0.1, -0.05) is 12.7 Å². The van der Waals surface area contributed by atoms with E-state index in [2.05, 4.69) is 11.9 Å². The Bertz CT molecular complexity index is 427. The lowest BCUT2D eigenvalue weighted by Gasteiger charge is -2.10. The van der Waals surface area contributed by atoms with Crippen molar-refractivity contribution in [3.63, 3.8) is 0 Å². The lowest BCUT2D eigenvalue weighted by Crippen LogP contribution is -2.31. The number of halogens is 2. The molecule has 0 saturated heterocycles. The molecule has 0 unspecified atom stereocenters. The van der Waals surface area contributed by atoms with E-state index in [9.17, 15) is 13.6 Å². The lowest BCUT2D eigenvalue weighted by atomic mass is 10.1. The number of nitrogens with one attached hydrogen (secondary N) is 1. The molecule has 1 amide bonds. The zero-order valence-corrected chi connectivity index (χ0v) is 9.18. The van der Waals surface area contributed by atoms with E-state index < -0.39 is 23.1 Å². The molecule has 0 radical (unpaired) electrons. The number of amides is 1. The van der Waals surface area contributed by atoms with Crippen molar-refractivity contribution in [3.8, 4) is 0 Å². The molecule has 1 N–H and O–H groups in total. The maximum Gasteiger partial charge on any atom is 0.257 e. The van der Waals surface area contributed by atoms with E-state index in [1.807, 2.05) is 0 Å². The van der Waals surface area contributed by atoms with E-state index in [1.54, 1.807) is 13.8 Å². The molecule has 1 rings (SSSR count).